The van der Waals surface area contributed by atoms with Crippen LogP contribution >= 0.6 is 0 Å². The molecule has 72 valence electrons. The summed E-state index contributed by atoms with van der Waals surface area (Å²) in [5.74, 6) is 2.27. The van der Waals surface area contributed by atoms with E-state index >= 15 is 0 Å². The fourth-order valence-corrected chi connectivity index (χ4v) is 1.31. The van der Waals surface area contributed by atoms with Gasteiger partial charge in [0.2, 0.25) is 5.91 Å². The lowest BCUT2D eigenvalue weighted by Crippen LogP contribution is -2.29. The Morgan fingerprint density at radius 2 is 2.00 bits per heavy atom. The van der Waals surface area contributed by atoms with E-state index in [1.807, 2.05) is 0 Å². The van der Waals surface area contributed by atoms with Gasteiger partial charge in [0.1, 0.15) is 0 Å². The highest BCUT2D eigenvalue weighted by atomic mass is 16.3. The number of rotatable bonds is 2. The van der Waals surface area contributed by atoms with E-state index in [0.29, 0.717) is 6.42 Å². The van der Waals surface area contributed by atoms with Gasteiger partial charge in [-0.15, -0.1) is 12.3 Å². The number of hydrogen-bond donors (Lipinski definition) is 2. The monoisotopic (exact) mass is 183 g/mol. The third kappa shape index (κ3) is 2.44. The molecule has 1 fully saturated rings. The molecule has 1 aliphatic rings. The fourth-order valence-electron chi connectivity index (χ4n) is 1.31. The van der Waals surface area contributed by atoms with Gasteiger partial charge in [-0.25, -0.2) is 0 Å². The minimum atomic E-state index is -0.810. The van der Waals surface area contributed by atoms with Crippen LogP contribution in [0.4, 0.5) is 0 Å². The zero-order chi connectivity index (χ0) is 9.84. The van der Waals surface area contributed by atoms with Gasteiger partial charge in [0.25, 0.3) is 0 Å². The fraction of sp³-hybridized carbons (Fsp3) is 0.667. The van der Waals surface area contributed by atoms with E-state index in [1.165, 1.54) is 4.90 Å². The molecule has 4 nitrogen and oxygen atoms in total. The number of hydrogen-bond acceptors (Lipinski definition) is 3. The Morgan fingerprint density at radius 1 is 1.46 bits per heavy atom. The van der Waals surface area contributed by atoms with Crippen LogP contribution in [0, 0.1) is 12.3 Å². The molecule has 1 heterocycles. The Kier molecular flexibility index (Phi) is 3.29. The summed E-state index contributed by atoms with van der Waals surface area (Å²) < 4.78 is 0. The molecule has 0 radical (unpaired) electrons. The van der Waals surface area contributed by atoms with Crippen LogP contribution in [0.2, 0.25) is 0 Å². The van der Waals surface area contributed by atoms with E-state index in [4.69, 9.17) is 16.6 Å². The van der Waals surface area contributed by atoms with Crippen LogP contribution in [0.25, 0.3) is 0 Å². The van der Waals surface area contributed by atoms with Crippen LogP contribution in [-0.4, -0.2) is 46.3 Å². The highest BCUT2D eigenvalue weighted by Gasteiger charge is 2.31. The van der Waals surface area contributed by atoms with Crippen molar-refractivity contribution >= 4 is 5.91 Å². The van der Waals surface area contributed by atoms with Crippen molar-refractivity contribution in [3.05, 3.63) is 0 Å². The molecule has 0 spiro atoms. The minimum Gasteiger partial charge on any atom is -0.388 e. The number of β-amino-alcohol motifs (C(OH)–C–C–N with tert-alkyl or cyclic N) is 2. The summed E-state index contributed by atoms with van der Waals surface area (Å²) in [5.41, 5.74) is 0. The van der Waals surface area contributed by atoms with Crippen molar-refractivity contribution in [2.24, 2.45) is 0 Å². The van der Waals surface area contributed by atoms with E-state index in [1.54, 1.807) is 0 Å². The maximum absolute atomic E-state index is 11.3. The molecule has 4 heteroatoms. The highest BCUT2D eigenvalue weighted by Crippen LogP contribution is 2.11. The van der Waals surface area contributed by atoms with Crippen molar-refractivity contribution in [1.29, 1.82) is 0 Å². The first-order chi connectivity index (χ1) is 6.15. The largest absolute Gasteiger partial charge is 0.388 e. The summed E-state index contributed by atoms with van der Waals surface area (Å²) in [4.78, 5) is 12.7. The van der Waals surface area contributed by atoms with Crippen molar-refractivity contribution < 1.29 is 15.0 Å². The molecule has 0 aliphatic carbocycles. The molecule has 0 bridgehead atoms. The number of terminal acetylenes is 1. The maximum Gasteiger partial charge on any atom is 0.223 e. The van der Waals surface area contributed by atoms with Crippen molar-refractivity contribution in [2.75, 3.05) is 13.1 Å². The molecule has 0 aromatic carbocycles. The number of aliphatic hydroxyl groups excluding tert-OH is 2. The molecule has 0 aromatic heterocycles. The van der Waals surface area contributed by atoms with E-state index in [9.17, 15) is 4.79 Å². The zero-order valence-electron chi connectivity index (χ0n) is 7.31. The van der Waals surface area contributed by atoms with Crippen molar-refractivity contribution in [1.82, 2.24) is 4.90 Å². The quantitative estimate of drug-likeness (QED) is 0.538. The Labute approximate surface area is 77.2 Å². The van der Waals surface area contributed by atoms with Gasteiger partial charge in [-0.05, 0) is 0 Å². The Balaban J connectivity index is 2.38. The molecule has 0 saturated carbocycles. The second-order valence-corrected chi connectivity index (χ2v) is 3.14. The number of amides is 1. The third-order valence-corrected chi connectivity index (χ3v) is 2.09. The number of likely N-dealkylation sites (tertiary alicyclic amines) is 1. The Morgan fingerprint density at radius 3 is 2.46 bits per heavy atom. The first-order valence-corrected chi connectivity index (χ1v) is 4.22. The van der Waals surface area contributed by atoms with Crippen LogP contribution in [0.3, 0.4) is 0 Å². The maximum atomic E-state index is 11.3. The van der Waals surface area contributed by atoms with Gasteiger partial charge in [0.05, 0.1) is 12.2 Å². The third-order valence-electron chi connectivity index (χ3n) is 2.09. The first kappa shape index (κ1) is 10.0. The molecule has 1 aliphatic heterocycles. The average molecular weight is 183 g/mol. The first-order valence-electron chi connectivity index (χ1n) is 4.22. The van der Waals surface area contributed by atoms with E-state index in [2.05, 4.69) is 5.92 Å². The van der Waals surface area contributed by atoms with Crippen LogP contribution in [-0.2, 0) is 4.79 Å². The summed E-state index contributed by atoms with van der Waals surface area (Å²) >= 11 is 0. The molecular formula is C9H13NO3. The highest BCUT2D eigenvalue weighted by molar-refractivity contribution is 5.76. The van der Waals surface area contributed by atoms with Crippen LogP contribution < -0.4 is 0 Å². The summed E-state index contributed by atoms with van der Waals surface area (Å²) in [6, 6.07) is 0. The van der Waals surface area contributed by atoms with E-state index in [-0.39, 0.29) is 25.4 Å². The lowest BCUT2D eigenvalue weighted by Gasteiger charge is -2.13. The van der Waals surface area contributed by atoms with Crippen LogP contribution in [0.15, 0.2) is 0 Å². The van der Waals surface area contributed by atoms with Gasteiger partial charge in [0, 0.05) is 25.9 Å². The van der Waals surface area contributed by atoms with Gasteiger partial charge in [-0.2, -0.15) is 0 Å². The molecule has 2 atom stereocenters. The number of carbonyl (C=O) groups is 1. The van der Waals surface area contributed by atoms with Gasteiger partial charge in [0.15, 0.2) is 0 Å². The summed E-state index contributed by atoms with van der Waals surface area (Å²) in [7, 11) is 0. The normalized spacial score (nSPS) is 27.3. The molecular weight excluding hydrogens is 170 g/mol. The molecule has 13 heavy (non-hydrogen) atoms. The van der Waals surface area contributed by atoms with Crippen molar-refractivity contribution in [2.45, 2.75) is 25.0 Å². The van der Waals surface area contributed by atoms with Crippen molar-refractivity contribution in [3.63, 3.8) is 0 Å². The van der Waals surface area contributed by atoms with Crippen molar-refractivity contribution in [3.8, 4) is 12.3 Å². The standard InChI is InChI=1S/C9H13NO3/c1-2-3-4-9(13)10-5-7(11)8(12)6-10/h1,7-8,11-12H,3-6H2. The molecule has 0 aromatic rings. The van der Waals surface area contributed by atoms with Crippen LogP contribution in [0.1, 0.15) is 12.8 Å². The summed E-state index contributed by atoms with van der Waals surface area (Å²) in [6.45, 7) is 0.426. The number of aliphatic hydroxyl groups is 2. The lowest BCUT2D eigenvalue weighted by atomic mass is 10.3. The molecule has 1 saturated heterocycles. The van der Waals surface area contributed by atoms with Crippen LogP contribution in [0.5, 0.6) is 0 Å². The molecule has 1 amide bonds. The van der Waals surface area contributed by atoms with Gasteiger partial charge >= 0.3 is 0 Å². The molecule has 2 unspecified atom stereocenters. The second kappa shape index (κ2) is 4.26. The summed E-state index contributed by atoms with van der Waals surface area (Å²) in [5, 5.41) is 18.3. The average Bonchev–Trinajstić information content (AvgIpc) is 2.43. The smallest absolute Gasteiger partial charge is 0.223 e. The SMILES string of the molecule is C#CCCC(=O)N1CC(O)C(O)C1. The number of nitrogens with zero attached hydrogens (tertiary/aromatic N) is 1. The molecule has 2 N–H and O–H groups in total. The predicted octanol–water partition coefficient (Wildman–Crippen LogP) is -1.04. The van der Waals surface area contributed by atoms with Gasteiger partial charge in [-0.1, -0.05) is 0 Å². The topological polar surface area (TPSA) is 60.8 Å². The second-order valence-electron chi connectivity index (χ2n) is 3.14. The predicted molar refractivity (Wildman–Crippen MR) is 46.7 cm³/mol. The summed E-state index contributed by atoms with van der Waals surface area (Å²) in [6.07, 6.45) is 4.08. The molecule has 1 rings (SSSR count). The Hall–Kier alpha value is -1.05. The zero-order valence-corrected chi connectivity index (χ0v) is 7.31. The minimum absolute atomic E-state index is 0.103. The van der Waals surface area contributed by atoms with Gasteiger partial charge in [-0.3, -0.25) is 4.79 Å². The number of carbonyl (C=O) groups excluding carboxylic acids is 1. The Bertz CT molecular complexity index is 224. The van der Waals surface area contributed by atoms with E-state index < -0.39 is 12.2 Å². The lowest BCUT2D eigenvalue weighted by molar-refractivity contribution is -0.130. The van der Waals surface area contributed by atoms with Gasteiger partial charge < -0.3 is 15.1 Å². The van der Waals surface area contributed by atoms with E-state index in [0.717, 1.165) is 0 Å².